The molecule has 1 aliphatic heterocycles. The van der Waals surface area contributed by atoms with Crippen LogP contribution in [0.15, 0.2) is 23.3 Å². The molecule has 2 heterocycles. The van der Waals surface area contributed by atoms with Crippen molar-refractivity contribution in [1.82, 2.24) is 20.5 Å². The molecule has 1 aromatic heterocycles. The normalized spacial score (nSPS) is 16.6. The van der Waals surface area contributed by atoms with Gasteiger partial charge in [0.1, 0.15) is 6.61 Å². The third kappa shape index (κ3) is 7.98. The van der Waals surface area contributed by atoms with E-state index in [1.807, 2.05) is 0 Å². The molecule has 6 nitrogen and oxygen atoms in total. The van der Waals surface area contributed by atoms with Gasteiger partial charge in [0.05, 0.1) is 12.1 Å². The molecule has 0 unspecified atom stereocenters. The van der Waals surface area contributed by atoms with Crippen molar-refractivity contribution in [2.75, 3.05) is 33.3 Å². The summed E-state index contributed by atoms with van der Waals surface area (Å²) < 4.78 is 42.8. The number of hydrogen-bond acceptors (Lipinski definition) is 4. The number of likely N-dealkylation sites (tertiary alicyclic amines) is 1. The van der Waals surface area contributed by atoms with Crippen LogP contribution < -0.4 is 15.4 Å². The van der Waals surface area contributed by atoms with Crippen molar-refractivity contribution in [2.45, 2.75) is 44.9 Å². The van der Waals surface area contributed by atoms with Crippen LogP contribution in [0.1, 0.15) is 32.3 Å². The van der Waals surface area contributed by atoms with Crippen molar-refractivity contribution < 1.29 is 17.9 Å². The van der Waals surface area contributed by atoms with Crippen molar-refractivity contribution in [3.63, 3.8) is 0 Å². The number of alkyl halides is 3. The Balaban J connectivity index is 0.00000392. The number of aromatic nitrogens is 1. The lowest BCUT2D eigenvalue weighted by Crippen LogP contribution is -2.50. The van der Waals surface area contributed by atoms with Gasteiger partial charge in [-0.1, -0.05) is 0 Å². The first-order valence-electron chi connectivity index (χ1n) is 9.17. The Bertz CT molecular complexity index is 602. The zero-order valence-electron chi connectivity index (χ0n) is 16.4. The van der Waals surface area contributed by atoms with Crippen LogP contribution in [0.25, 0.3) is 0 Å². The van der Waals surface area contributed by atoms with E-state index in [1.54, 1.807) is 7.05 Å². The fourth-order valence-corrected chi connectivity index (χ4v) is 2.91. The summed E-state index contributed by atoms with van der Waals surface area (Å²) in [6.45, 7) is 7.28. The monoisotopic (exact) mass is 515 g/mol. The first-order chi connectivity index (χ1) is 12.8. The lowest BCUT2D eigenvalue weighted by molar-refractivity contribution is -0.137. The Morgan fingerprint density at radius 1 is 1.32 bits per heavy atom. The molecule has 160 valence electrons. The van der Waals surface area contributed by atoms with Gasteiger partial charge in [-0.3, -0.25) is 4.99 Å². The number of nitrogens with zero attached hydrogens (tertiary/aromatic N) is 3. The molecule has 1 fully saturated rings. The van der Waals surface area contributed by atoms with Gasteiger partial charge in [0.15, 0.2) is 5.96 Å². The van der Waals surface area contributed by atoms with Crippen molar-refractivity contribution >= 4 is 29.9 Å². The second kappa shape index (κ2) is 11.6. The van der Waals surface area contributed by atoms with Crippen LogP contribution >= 0.6 is 24.0 Å². The summed E-state index contributed by atoms with van der Waals surface area (Å²) in [5.41, 5.74) is -0.791. The Morgan fingerprint density at radius 2 is 2.00 bits per heavy atom. The maximum absolute atomic E-state index is 12.5. The number of hydrogen-bond donors (Lipinski definition) is 2. The third-order valence-corrected chi connectivity index (χ3v) is 4.53. The van der Waals surface area contributed by atoms with Crippen molar-refractivity contribution in [1.29, 1.82) is 0 Å². The summed E-state index contributed by atoms with van der Waals surface area (Å²) >= 11 is 0. The minimum Gasteiger partial charge on any atom is -0.476 e. The standard InChI is InChI=1S/C18H28F3N5O.HI/c1-13(2)26-9-6-15(7-10-26)25-17(22-3)23-8-11-27-16-5-4-14(12-24-16)18(19,20)21;/h4-5,12-13,15H,6-11H2,1-3H3,(H2,22,23,25);1H. The van der Waals surface area contributed by atoms with Gasteiger partial charge in [0.2, 0.25) is 5.88 Å². The number of rotatable bonds is 6. The molecule has 0 spiro atoms. The van der Waals surface area contributed by atoms with Gasteiger partial charge in [-0.15, -0.1) is 24.0 Å². The molecule has 0 aromatic carbocycles. The van der Waals surface area contributed by atoms with Crippen LogP contribution in [-0.4, -0.2) is 61.2 Å². The summed E-state index contributed by atoms with van der Waals surface area (Å²) in [5, 5.41) is 6.55. The topological polar surface area (TPSA) is 61.8 Å². The second-order valence-electron chi connectivity index (χ2n) is 6.78. The minimum atomic E-state index is -4.39. The molecule has 28 heavy (non-hydrogen) atoms. The quantitative estimate of drug-likeness (QED) is 0.264. The van der Waals surface area contributed by atoms with E-state index in [-0.39, 0.29) is 36.5 Å². The predicted octanol–water partition coefficient (Wildman–Crippen LogP) is 3.14. The summed E-state index contributed by atoms with van der Waals surface area (Å²) in [6.07, 6.45) is -1.50. The molecule has 10 heteroatoms. The molecule has 0 atom stereocenters. The van der Waals surface area contributed by atoms with Crippen molar-refractivity contribution in [3.8, 4) is 5.88 Å². The minimum absolute atomic E-state index is 0. The first-order valence-corrected chi connectivity index (χ1v) is 9.17. The molecule has 0 bridgehead atoms. The Hall–Kier alpha value is -1.30. The number of piperidine rings is 1. The van der Waals surface area contributed by atoms with Crippen LogP contribution in [0, 0.1) is 0 Å². The average molecular weight is 515 g/mol. The zero-order chi connectivity index (χ0) is 19.9. The van der Waals surface area contributed by atoms with Gasteiger partial charge in [-0.25, -0.2) is 4.98 Å². The Morgan fingerprint density at radius 3 is 2.50 bits per heavy atom. The van der Waals surface area contributed by atoms with Crippen LogP contribution in [-0.2, 0) is 6.18 Å². The molecule has 1 aliphatic rings. The lowest BCUT2D eigenvalue weighted by atomic mass is 10.0. The summed E-state index contributed by atoms with van der Waals surface area (Å²) in [7, 11) is 1.71. The highest BCUT2D eigenvalue weighted by Gasteiger charge is 2.30. The molecular formula is C18H29F3IN5O. The van der Waals surface area contributed by atoms with E-state index in [1.165, 1.54) is 6.07 Å². The van der Waals surface area contributed by atoms with E-state index in [2.05, 4.69) is 39.4 Å². The fraction of sp³-hybridized carbons (Fsp3) is 0.667. The van der Waals surface area contributed by atoms with Gasteiger partial charge in [-0.2, -0.15) is 13.2 Å². The number of pyridine rings is 1. The van der Waals surface area contributed by atoms with Crippen LogP contribution in [0.5, 0.6) is 5.88 Å². The third-order valence-electron chi connectivity index (χ3n) is 4.53. The highest BCUT2D eigenvalue weighted by molar-refractivity contribution is 14.0. The molecule has 0 radical (unpaired) electrons. The van der Waals surface area contributed by atoms with E-state index in [0.29, 0.717) is 24.6 Å². The van der Waals surface area contributed by atoms with Gasteiger partial charge in [0.25, 0.3) is 0 Å². The Labute approximate surface area is 181 Å². The molecule has 2 N–H and O–H groups in total. The molecule has 0 saturated carbocycles. The highest BCUT2D eigenvalue weighted by Crippen LogP contribution is 2.29. The van der Waals surface area contributed by atoms with E-state index in [0.717, 1.165) is 38.2 Å². The molecule has 1 saturated heterocycles. The predicted molar refractivity (Wildman–Crippen MR) is 114 cm³/mol. The SMILES string of the molecule is CN=C(NCCOc1ccc(C(F)(F)F)cn1)NC1CCN(C(C)C)CC1.I. The van der Waals surface area contributed by atoms with Gasteiger partial charge < -0.3 is 20.3 Å². The highest BCUT2D eigenvalue weighted by atomic mass is 127. The summed E-state index contributed by atoms with van der Waals surface area (Å²) in [5.74, 6) is 0.857. The van der Waals surface area contributed by atoms with E-state index in [4.69, 9.17) is 4.74 Å². The number of aliphatic imine (C=N–C) groups is 1. The van der Waals surface area contributed by atoms with Gasteiger partial charge in [0, 0.05) is 44.5 Å². The van der Waals surface area contributed by atoms with Gasteiger partial charge >= 0.3 is 6.18 Å². The van der Waals surface area contributed by atoms with Crippen LogP contribution in [0.4, 0.5) is 13.2 Å². The Kier molecular flexibility index (Phi) is 10.3. The van der Waals surface area contributed by atoms with E-state index < -0.39 is 11.7 Å². The lowest BCUT2D eigenvalue weighted by Gasteiger charge is -2.35. The largest absolute Gasteiger partial charge is 0.476 e. The summed E-state index contributed by atoms with van der Waals surface area (Å²) in [4.78, 5) is 10.3. The molecular weight excluding hydrogens is 486 g/mol. The van der Waals surface area contributed by atoms with Crippen molar-refractivity contribution in [2.24, 2.45) is 4.99 Å². The number of guanidine groups is 1. The molecule has 0 aliphatic carbocycles. The van der Waals surface area contributed by atoms with E-state index >= 15 is 0 Å². The second-order valence-corrected chi connectivity index (χ2v) is 6.78. The zero-order valence-corrected chi connectivity index (χ0v) is 18.8. The molecule has 0 amide bonds. The summed E-state index contributed by atoms with van der Waals surface area (Å²) in [6, 6.07) is 3.13. The maximum atomic E-state index is 12.5. The smallest absolute Gasteiger partial charge is 0.417 e. The molecule has 2 rings (SSSR count). The van der Waals surface area contributed by atoms with Gasteiger partial charge in [-0.05, 0) is 32.8 Å². The molecule has 1 aromatic rings. The first kappa shape index (κ1) is 24.7. The average Bonchev–Trinajstić information content (AvgIpc) is 2.64. The van der Waals surface area contributed by atoms with Crippen molar-refractivity contribution in [3.05, 3.63) is 23.9 Å². The number of halogens is 4. The number of ether oxygens (including phenoxy) is 1. The fourth-order valence-electron chi connectivity index (χ4n) is 2.91. The van der Waals surface area contributed by atoms with Crippen LogP contribution in [0.2, 0.25) is 0 Å². The maximum Gasteiger partial charge on any atom is 0.417 e. The van der Waals surface area contributed by atoms with E-state index in [9.17, 15) is 13.2 Å². The number of nitrogens with one attached hydrogen (secondary N) is 2. The van der Waals surface area contributed by atoms with Crippen LogP contribution in [0.3, 0.4) is 0 Å².